The molecule has 1 N–H and O–H groups in total. The summed E-state index contributed by atoms with van der Waals surface area (Å²) < 4.78 is 2.07. The van der Waals surface area contributed by atoms with Gasteiger partial charge in [-0.2, -0.15) is 0 Å². The zero-order valence-electron chi connectivity index (χ0n) is 12.1. The Balaban J connectivity index is 2.17. The van der Waals surface area contributed by atoms with Crippen LogP contribution in [-0.4, -0.2) is 39.2 Å². The number of aryl methyl sites for hydroxylation is 1. The lowest BCUT2D eigenvalue weighted by Crippen LogP contribution is -2.25. The molecule has 1 heterocycles. The Morgan fingerprint density at radius 3 is 2.70 bits per heavy atom. The molecule has 1 aromatic heterocycles. The fourth-order valence-corrected chi connectivity index (χ4v) is 2.67. The van der Waals surface area contributed by atoms with Gasteiger partial charge < -0.3 is 14.6 Å². The van der Waals surface area contributed by atoms with Crippen molar-refractivity contribution in [1.29, 1.82) is 0 Å². The summed E-state index contributed by atoms with van der Waals surface area (Å²) in [6, 6.07) is 5.65. The number of hydrogen-bond donors (Lipinski definition) is 1. The number of rotatable bonds is 7. The van der Waals surface area contributed by atoms with E-state index < -0.39 is 0 Å². The normalized spacial score (nSPS) is 11.7. The molecule has 0 amide bonds. The van der Waals surface area contributed by atoms with E-state index in [1.807, 2.05) is 18.2 Å². The molecule has 1 aromatic carbocycles. The summed E-state index contributed by atoms with van der Waals surface area (Å²) in [5.41, 5.74) is 1.89. The van der Waals surface area contributed by atoms with Gasteiger partial charge in [0.2, 0.25) is 0 Å². The summed E-state index contributed by atoms with van der Waals surface area (Å²) in [5, 5.41) is 10.2. The second-order valence-corrected chi connectivity index (χ2v) is 5.29. The van der Waals surface area contributed by atoms with Gasteiger partial charge in [-0.25, -0.2) is 4.98 Å². The smallest absolute Gasteiger partial charge is 0.135 e. The number of nitrogens with zero attached hydrogens (tertiary/aromatic N) is 3. The summed E-state index contributed by atoms with van der Waals surface area (Å²) in [6.07, 6.45) is 1.03. The van der Waals surface area contributed by atoms with Gasteiger partial charge in [0.25, 0.3) is 0 Å². The predicted molar refractivity (Wildman–Crippen MR) is 83.1 cm³/mol. The molecule has 0 aliphatic carbocycles. The highest BCUT2D eigenvalue weighted by molar-refractivity contribution is 6.31. The Hall–Kier alpha value is -1.10. The highest BCUT2D eigenvalue weighted by Gasteiger charge is 2.10. The van der Waals surface area contributed by atoms with Crippen LogP contribution in [0.2, 0.25) is 5.02 Å². The minimum absolute atomic E-state index is 0.0441. The fraction of sp³-hybridized carbons (Fsp3) is 0.533. The SMILES string of the molecule is CCN(CC)CCCn1c(CO)nc2ccc(Cl)cc21. The minimum atomic E-state index is -0.0441. The molecule has 110 valence electrons. The van der Waals surface area contributed by atoms with E-state index in [1.165, 1.54) is 0 Å². The lowest BCUT2D eigenvalue weighted by Gasteiger charge is -2.18. The highest BCUT2D eigenvalue weighted by Crippen LogP contribution is 2.21. The molecule has 4 nitrogen and oxygen atoms in total. The van der Waals surface area contributed by atoms with Crippen molar-refractivity contribution in [3.63, 3.8) is 0 Å². The van der Waals surface area contributed by atoms with Gasteiger partial charge in [-0.3, -0.25) is 0 Å². The van der Waals surface area contributed by atoms with E-state index in [2.05, 4.69) is 28.3 Å². The van der Waals surface area contributed by atoms with Crippen molar-refractivity contribution in [2.24, 2.45) is 0 Å². The molecule has 2 rings (SSSR count). The fourth-order valence-electron chi connectivity index (χ4n) is 2.51. The van der Waals surface area contributed by atoms with Crippen LogP contribution in [0.5, 0.6) is 0 Å². The summed E-state index contributed by atoms with van der Waals surface area (Å²) >= 11 is 6.06. The maximum Gasteiger partial charge on any atom is 0.135 e. The van der Waals surface area contributed by atoms with Crippen molar-refractivity contribution < 1.29 is 5.11 Å². The maximum absolute atomic E-state index is 9.46. The Morgan fingerprint density at radius 2 is 2.05 bits per heavy atom. The number of aromatic nitrogens is 2. The van der Waals surface area contributed by atoms with Gasteiger partial charge in [0.15, 0.2) is 0 Å². The third kappa shape index (κ3) is 3.32. The zero-order chi connectivity index (χ0) is 14.5. The van der Waals surface area contributed by atoms with Gasteiger partial charge >= 0.3 is 0 Å². The molecular weight excluding hydrogens is 274 g/mol. The van der Waals surface area contributed by atoms with Crippen LogP contribution in [0.4, 0.5) is 0 Å². The molecule has 0 spiro atoms. The monoisotopic (exact) mass is 295 g/mol. The molecule has 0 radical (unpaired) electrons. The molecule has 2 aromatic rings. The van der Waals surface area contributed by atoms with Crippen molar-refractivity contribution in [3.05, 3.63) is 29.0 Å². The Bertz CT molecular complexity index is 563. The first kappa shape index (κ1) is 15.3. The van der Waals surface area contributed by atoms with Crippen LogP contribution in [-0.2, 0) is 13.2 Å². The van der Waals surface area contributed by atoms with E-state index in [1.54, 1.807) is 0 Å². The van der Waals surface area contributed by atoms with Gasteiger partial charge in [-0.15, -0.1) is 0 Å². The largest absolute Gasteiger partial charge is 0.388 e. The van der Waals surface area contributed by atoms with Crippen molar-refractivity contribution in [1.82, 2.24) is 14.5 Å². The zero-order valence-corrected chi connectivity index (χ0v) is 12.9. The standard InChI is InChI=1S/C15H22ClN3O/c1-3-18(4-2)8-5-9-19-14-10-12(16)6-7-13(14)17-15(19)11-20/h6-7,10,20H,3-5,8-9,11H2,1-2H3. The molecule has 0 fully saturated rings. The lowest BCUT2D eigenvalue weighted by atomic mass is 10.3. The first-order valence-electron chi connectivity index (χ1n) is 7.17. The van der Waals surface area contributed by atoms with Gasteiger partial charge in [0, 0.05) is 11.6 Å². The Kier molecular flexibility index (Phi) is 5.40. The van der Waals surface area contributed by atoms with E-state index in [0.717, 1.165) is 43.6 Å². The van der Waals surface area contributed by atoms with Crippen LogP contribution < -0.4 is 0 Å². The lowest BCUT2D eigenvalue weighted by molar-refractivity contribution is 0.261. The molecule has 0 aliphatic heterocycles. The highest BCUT2D eigenvalue weighted by atomic mass is 35.5. The number of aliphatic hydroxyl groups is 1. The van der Waals surface area contributed by atoms with E-state index in [0.29, 0.717) is 10.8 Å². The maximum atomic E-state index is 9.46. The van der Waals surface area contributed by atoms with Crippen LogP contribution in [0.1, 0.15) is 26.1 Å². The number of fused-ring (bicyclic) bond motifs is 1. The third-order valence-corrected chi connectivity index (χ3v) is 3.92. The van der Waals surface area contributed by atoms with Gasteiger partial charge in [0.1, 0.15) is 12.4 Å². The number of hydrogen-bond acceptors (Lipinski definition) is 3. The first-order valence-corrected chi connectivity index (χ1v) is 7.55. The van der Waals surface area contributed by atoms with E-state index in [4.69, 9.17) is 11.6 Å². The average molecular weight is 296 g/mol. The number of benzene rings is 1. The Labute approximate surface area is 125 Å². The molecule has 0 saturated heterocycles. The van der Waals surface area contributed by atoms with Crippen molar-refractivity contribution in [2.75, 3.05) is 19.6 Å². The average Bonchev–Trinajstić information content (AvgIpc) is 2.81. The summed E-state index contributed by atoms with van der Waals surface area (Å²) in [6.45, 7) is 8.35. The molecule has 0 unspecified atom stereocenters. The molecule has 0 bridgehead atoms. The van der Waals surface area contributed by atoms with Crippen molar-refractivity contribution in [2.45, 2.75) is 33.4 Å². The van der Waals surface area contributed by atoms with E-state index >= 15 is 0 Å². The van der Waals surface area contributed by atoms with Gasteiger partial charge in [0.05, 0.1) is 11.0 Å². The molecule has 5 heteroatoms. The summed E-state index contributed by atoms with van der Waals surface area (Å²) in [5.74, 6) is 0.710. The quantitative estimate of drug-likeness (QED) is 0.854. The van der Waals surface area contributed by atoms with Gasteiger partial charge in [-0.1, -0.05) is 25.4 Å². The van der Waals surface area contributed by atoms with Crippen molar-refractivity contribution >= 4 is 22.6 Å². The van der Waals surface area contributed by atoms with Crippen LogP contribution >= 0.6 is 11.6 Å². The van der Waals surface area contributed by atoms with Crippen LogP contribution in [0.15, 0.2) is 18.2 Å². The summed E-state index contributed by atoms with van der Waals surface area (Å²) in [7, 11) is 0. The van der Waals surface area contributed by atoms with Gasteiger partial charge in [-0.05, 0) is 44.3 Å². The van der Waals surface area contributed by atoms with Crippen LogP contribution in [0.3, 0.4) is 0 Å². The first-order chi connectivity index (χ1) is 9.69. The predicted octanol–water partition coefficient (Wildman–Crippen LogP) is 2.91. The number of aliphatic hydroxyl groups excluding tert-OH is 1. The van der Waals surface area contributed by atoms with Crippen LogP contribution in [0.25, 0.3) is 11.0 Å². The van der Waals surface area contributed by atoms with Crippen LogP contribution in [0, 0.1) is 0 Å². The third-order valence-electron chi connectivity index (χ3n) is 3.68. The van der Waals surface area contributed by atoms with E-state index in [-0.39, 0.29) is 6.61 Å². The van der Waals surface area contributed by atoms with E-state index in [9.17, 15) is 5.11 Å². The second kappa shape index (κ2) is 7.07. The topological polar surface area (TPSA) is 41.3 Å². The second-order valence-electron chi connectivity index (χ2n) is 4.85. The Morgan fingerprint density at radius 1 is 1.30 bits per heavy atom. The molecule has 0 aliphatic rings. The van der Waals surface area contributed by atoms with Crippen molar-refractivity contribution in [3.8, 4) is 0 Å². The molecule has 20 heavy (non-hydrogen) atoms. The summed E-state index contributed by atoms with van der Waals surface area (Å²) in [4.78, 5) is 6.84. The minimum Gasteiger partial charge on any atom is -0.388 e. The number of halogens is 1. The number of imidazole rings is 1. The molecule has 0 atom stereocenters. The molecular formula is C15H22ClN3O. The molecule has 0 saturated carbocycles.